The van der Waals surface area contributed by atoms with Crippen molar-refractivity contribution >= 4 is 15.9 Å². The summed E-state index contributed by atoms with van der Waals surface area (Å²) in [4.78, 5) is 5.05. The molecule has 0 aliphatic carbocycles. The highest BCUT2D eigenvalue weighted by Crippen LogP contribution is 2.31. The number of halogens is 1. The first-order valence-corrected chi connectivity index (χ1v) is 8.16. The van der Waals surface area contributed by atoms with Crippen LogP contribution in [-0.4, -0.2) is 72.1 Å². The number of ether oxygens (including phenoxy) is 1. The number of hydrazine groups is 1. The van der Waals surface area contributed by atoms with Crippen LogP contribution in [0.4, 0.5) is 0 Å². The molecule has 0 amide bonds. The SMILES string of the molecule is COCCn1ncc(Br)c1C(NN)C1CN2CCN1CC2. The summed E-state index contributed by atoms with van der Waals surface area (Å²) in [7, 11) is 1.70. The van der Waals surface area contributed by atoms with E-state index in [4.69, 9.17) is 10.6 Å². The Morgan fingerprint density at radius 1 is 1.48 bits per heavy atom. The van der Waals surface area contributed by atoms with Gasteiger partial charge in [-0.05, 0) is 15.9 Å². The van der Waals surface area contributed by atoms with Crippen molar-refractivity contribution in [1.82, 2.24) is 25.0 Å². The van der Waals surface area contributed by atoms with E-state index in [1.54, 1.807) is 7.11 Å². The van der Waals surface area contributed by atoms with Gasteiger partial charge in [-0.1, -0.05) is 0 Å². The molecule has 1 aromatic rings. The third-order valence-electron chi connectivity index (χ3n) is 4.52. The van der Waals surface area contributed by atoms with Gasteiger partial charge in [-0.2, -0.15) is 5.10 Å². The van der Waals surface area contributed by atoms with E-state index in [1.807, 2.05) is 10.9 Å². The minimum Gasteiger partial charge on any atom is -0.383 e. The van der Waals surface area contributed by atoms with E-state index >= 15 is 0 Å². The average molecular weight is 359 g/mol. The van der Waals surface area contributed by atoms with Gasteiger partial charge in [0.05, 0.1) is 35.6 Å². The minimum atomic E-state index is 0.0573. The molecule has 0 saturated carbocycles. The Kier molecular flexibility index (Phi) is 4.92. The van der Waals surface area contributed by atoms with Crippen molar-refractivity contribution in [2.45, 2.75) is 18.6 Å². The van der Waals surface area contributed by atoms with Gasteiger partial charge >= 0.3 is 0 Å². The summed E-state index contributed by atoms with van der Waals surface area (Å²) >= 11 is 3.62. The molecular weight excluding hydrogens is 336 g/mol. The molecule has 0 spiro atoms. The van der Waals surface area contributed by atoms with Crippen LogP contribution in [0.5, 0.6) is 0 Å². The first-order chi connectivity index (χ1) is 10.2. The van der Waals surface area contributed by atoms with Crippen molar-refractivity contribution in [3.8, 4) is 0 Å². The zero-order valence-corrected chi connectivity index (χ0v) is 13.9. The minimum absolute atomic E-state index is 0.0573. The molecule has 2 atom stereocenters. The van der Waals surface area contributed by atoms with Gasteiger partial charge in [-0.25, -0.2) is 5.43 Å². The van der Waals surface area contributed by atoms with Crippen molar-refractivity contribution in [2.24, 2.45) is 5.84 Å². The Hall–Kier alpha value is -0.510. The molecule has 1 aromatic heterocycles. The lowest BCUT2D eigenvalue weighted by molar-refractivity contribution is -0.00528. The number of nitrogens with two attached hydrogens (primary N) is 1. The van der Waals surface area contributed by atoms with E-state index < -0.39 is 0 Å². The van der Waals surface area contributed by atoms with Crippen LogP contribution in [0.1, 0.15) is 11.7 Å². The smallest absolute Gasteiger partial charge is 0.0807 e. The van der Waals surface area contributed by atoms with Crippen LogP contribution in [0.25, 0.3) is 0 Å². The van der Waals surface area contributed by atoms with Crippen LogP contribution in [0, 0.1) is 0 Å². The van der Waals surface area contributed by atoms with Crippen molar-refractivity contribution < 1.29 is 4.74 Å². The average Bonchev–Trinajstić information content (AvgIpc) is 2.89. The van der Waals surface area contributed by atoms with E-state index in [0.29, 0.717) is 12.6 Å². The van der Waals surface area contributed by atoms with Gasteiger partial charge in [-0.15, -0.1) is 0 Å². The summed E-state index contributed by atoms with van der Waals surface area (Å²) < 4.78 is 8.15. The van der Waals surface area contributed by atoms with Crippen molar-refractivity contribution in [3.63, 3.8) is 0 Å². The topological polar surface area (TPSA) is 71.6 Å². The number of hydrogen-bond acceptors (Lipinski definition) is 6. The molecule has 21 heavy (non-hydrogen) atoms. The highest BCUT2D eigenvalue weighted by atomic mass is 79.9. The van der Waals surface area contributed by atoms with Crippen LogP contribution in [-0.2, 0) is 11.3 Å². The fraction of sp³-hybridized carbons (Fsp3) is 0.769. The number of nitrogens with zero attached hydrogens (tertiary/aromatic N) is 4. The lowest BCUT2D eigenvalue weighted by atomic mass is 9.98. The molecule has 4 heterocycles. The number of nitrogens with one attached hydrogen (secondary N) is 1. The zero-order valence-electron chi connectivity index (χ0n) is 12.3. The summed E-state index contributed by atoms with van der Waals surface area (Å²) in [6.45, 7) is 6.98. The van der Waals surface area contributed by atoms with Gasteiger partial charge in [-0.3, -0.25) is 20.3 Å². The Morgan fingerprint density at radius 2 is 2.24 bits per heavy atom. The summed E-state index contributed by atoms with van der Waals surface area (Å²) in [5.41, 5.74) is 4.12. The molecule has 7 nitrogen and oxygen atoms in total. The maximum atomic E-state index is 5.90. The Morgan fingerprint density at radius 3 is 2.81 bits per heavy atom. The summed E-state index contributed by atoms with van der Waals surface area (Å²) in [5, 5.41) is 4.44. The summed E-state index contributed by atoms with van der Waals surface area (Å²) in [6.07, 6.45) is 1.84. The van der Waals surface area contributed by atoms with Crippen LogP contribution >= 0.6 is 15.9 Å². The molecular formula is C13H23BrN6O. The van der Waals surface area contributed by atoms with Crippen molar-refractivity contribution in [2.75, 3.05) is 46.4 Å². The largest absolute Gasteiger partial charge is 0.383 e. The monoisotopic (exact) mass is 358 g/mol. The molecule has 3 saturated heterocycles. The molecule has 3 N–H and O–H groups in total. The molecule has 3 aliphatic heterocycles. The van der Waals surface area contributed by atoms with Gasteiger partial charge in [0.1, 0.15) is 0 Å². The van der Waals surface area contributed by atoms with Crippen molar-refractivity contribution in [1.29, 1.82) is 0 Å². The van der Waals surface area contributed by atoms with E-state index in [-0.39, 0.29) is 6.04 Å². The summed E-state index contributed by atoms with van der Waals surface area (Å²) in [6, 6.07) is 0.439. The third-order valence-corrected chi connectivity index (χ3v) is 5.13. The molecule has 0 aromatic carbocycles. The van der Waals surface area contributed by atoms with E-state index in [1.165, 1.54) is 0 Å². The Balaban J connectivity index is 1.84. The second-order valence-electron chi connectivity index (χ2n) is 5.64. The van der Waals surface area contributed by atoms with Gasteiger partial charge in [0.15, 0.2) is 0 Å². The molecule has 3 fully saturated rings. The molecule has 2 unspecified atom stereocenters. The van der Waals surface area contributed by atoms with Crippen LogP contribution in [0.15, 0.2) is 10.7 Å². The number of fused-ring (bicyclic) bond motifs is 3. The predicted molar refractivity (Wildman–Crippen MR) is 83.7 cm³/mol. The first kappa shape index (κ1) is 15.4. The van der Waals surface area contributed by atoms with Gasteiger partial charge in [0, 0.05) is 45.9 Å². The van der Waals surface area contributed by atoms with E-state index in [2.05, 4.69) is 36.3 Å². The number of rotatable bonds is 6. The molecule has 0 radical (unpaired) electrons. The second-order valence-corrected chi connectivity index (χ2v) is 6.50. The van der Waals surface area contributed by atoms with Crippen LogP contribution < -0.4 is 11.3 Å². The standard InChI is InChI=1S/C13H23BrN6O/c1-21-7-6-20-13(10(14)8-16-20)12(17-15)11-9-18-2-4-19(11)5-3-18/h8,11-12,17H,2-7,9,15H2,1H3. The highest BCUT2D eigenvalue weighted by molar-refractivity contribution is 9.10. The molecule has 2 bridgehead atoms. The highest BCUT2D eigenvalue weighted by Gasteiger charge is 2.39. The predicted octanol–water partition coefficient (Wildman–Crippen LogP) is -0.204. The number of methoxy groups -OCH3 is 1. The van der Waals surface area contributed by atoms with Crippen molar-refractivity contribution in [3.05, 3.63) is 16.4 Å². The second kappa shape index (κ2) is 6.72. The zero-order chi connectivity index (χ0) is 14.8. The molecule has 3 aliphatic rings. The first-order valence-electron chi connectivity index (χ1n) is 7.37. The maximum absolute atomic E-state index is 5.90. The van der Waals surface area contributed by atoms with Gasteiger partial charge in [0.25, 0.3) is 0 Å². The Bertz CT molecular complexity index is 473. The Labute approximate surface area is 133 Å². The number of aromatic nitrogens is 2. The van der Waals surface area contributed by atoms with E-state index in [0.717, 1.165) is 49.4 Å². The number of hydrogen-bond donors (Lipinski definition) is 2. The molecule has 8 heteroatoms. The maximum Gasteiger partial charge on any atom is 0.0807 e. The summed E-state index contributed by atoms with van der Waals surface area (Å²) in [5.74, 6) is 5.90. The molecule has 4 rings (SSSR count). The molecule has 118 valence electrons. The fourth-order valence-electron chi connectivity index (χ4n) is 3.38. The van der Waals surface area contributed by atoms with Crippen LogP contribution in [0.2, 0.25) is 0 Å². The quantitative estimate of drug-likeness (QED) is 0.541. The lowest BCUT2D eigenvalue weighted by Crippen LogP contribution is -2.64. The van der Waals surface area contributed by atoms with Gasteiger partial charge in [0.2, 0.25) is 0 Å². The number of piperazine rings is 3. The third kappa shape index (κ3) is 3.01. The fourth-order valence-corrected chi connectivity index (χ4v) is 3.93. The normalized spacial score (nSPS) is 29.8. The van der Waals surface area contributed by atoms with Crippen LogP contribution in [0.3, 0.4) is 0 Å². The lowest BCUT2D eigenvalue weighted by Gasteiger charge is -2.50. The van der Waals surface area contributed by atoms with E-state index in [9.17, 15) is 0 Å². The van der Waals surface area contributed by atoms with Gasteiger partial charge < -0.3 is 4.74 Å².